The Hall–Kier alpha value is -2.27. The number of rotatable bonds is 4. The second kappa shape index (κ2) is 8.10. The molecule has 0 radical (unpaired) electrons. The average molecular weight is 514 g/mol. The third-order valence-corrected chi connectivity index (χ3v) is 7.57. The van der Waals surface area contributed by atoms with Crippen LogP contribution in [0, 0.1) is 5.82 Å². The summed E-state index contributed by atoms with van der Waals surface area (Å²) < 4.78 is 41.0. The van der Waals surface area contributed by atoms with Gasteiger partial charge in [0.05, 0.1) is 27.9 Å². The van der Waals surface area contributed by atoms with E-state index in [-0.39, 0.29) is 41.3 Å². The lowest BCUT2D eigenvalue weighted by atomic mass is 10.2. The standard InChI is InChI=1S/C19H15BrClFN4O3S/c20-13-7-11(2-4-15(13)22)16-9-24-19(25-16)12-1-3-14(21)17(8-12)30(28,29)26-6-5-23-18(27)10-26/h1-4,7-9H,5-6,10H2,(H,23,27)(H,24,25). The largest absolute Gasteiger partial charge is 0.354 e. The van der Waals surface area contributed by atoms with Gasteiger partial charge < -0.3 is 10.3 Å². The number of piperazine rings is 1. The van der Waals surface area contributed by atoms with Crippen LogP contribution in [-0.2, 0) is 14.8 Å². The van der Waals surface area contributed by atoms with Gasteiger partial charge in [0.1, 0.15) is 16.5 Å². The SMILES string of the molecule is O=C1CN(S(=O)(=O)c2cc(-c3ncc(-c4ccc(F)c(Br)c4)[nH]3)ccc2Cl)CCN1. The number of amides is 1. The van der Waals surface area contributed by atoms with Gasteiger partial charge in [0.25, 0.3) is 0 Å². The molecule has 0 unspecified atom stereocenters. The number of nitrogens with one attached hydrogen (secondary N) is 2. The fraction of sp³-hybridized carbons (Fsp3) is 0.158. The number of carbonyl (C=O) groups excluding carboxylic acids is 1. The molecule has 0 atom stereocenters. The Labute approximate surface area is 185 Å². The van der Waals surface area contributed by atoms with Crippen LogP contribution in [0.3, 0.4) is 0 Å². The second-order valence-electron chi connectivity index (χ2n) is 6.61. The number of hydrogen-bond acceptors (Lipinski definition) is 4. The van der Waals surface area contributed by atoms with Crippen molar-refractivity contribution in [1.29, 1.82) is 0 Å². The maximum Gasteiger partial charge on any atom is 0.245 e. The molecule has 1 amide bonds. The summed E-state index contributed by atoms with van der Waals surface area (Å²) in [7, 11) is -3.96. The van der Waals surface area contributed by atoms with E-state index in [1.165, 1.54) is 18.2 Å². The van der Waals surface area contributed by atoms with Crippen LogP contribution in [0.25, 0.3) is 22.6 Å². The van der Waals surface area contributed by atoms with Crippen molar-refractivity contribution in [3.8, 4) is 22.6 Å². The number of imidazole rings is 1. The van der Waals surface area contributed by atoms with Gasteiger partial charge >= 0.3 is 0 Å². The second-order valence-corrected chi connectivity index (χ2v) is 9.78. The van der Waals surface area contributed by atoms with Crippen molar-refractivity contribution in [2.45, 2.75) is 4.90 Å². The van der Waals surface area contributed by atoms with Crippen molar-refractivity contribution in [2.75, 3.05) is 19.6 Å². The summed E-state index contributed by atoms with van der Waals surface area (Å²) in [6.45, 7) is 0.149. The van der Waals surface area contributed by atoms with E-state index in [4.69, 9.17) is 11.6 Å². The first-order valence-corrected chi connectivity index (χ1v) is 11.4. The topological polar surface area (TPSA) is 95.2 Å². The molecule has 156 valence electrons. The van der Waals surface area contributed by atoms with Crippen LogP contribution in [0.5, 0.6) is 0 Å². The van der Waals surface area contributed by atoms with Crippen molar-refractivity contribution in [1.82, 2.24) is 19.6 Å². The predicted octanol–water partition coefficient (Wildman–Crippen LogP) is 3.42. The van der Waals surface area contributed by atoms with Gasteiger partial charge in [0.15, 0.2) is 0 Å². The normalized spacial score (nSPS) is 15.2. The van der Waals surface area contributed by atoms with Crippen LogP contribution in [0.1, 0.15) is 0 Å². The molecule has 1 aliphatic heterocycles. The lowest BCUT2D eigenvalue weighted by molar-refractivity contribution is -0.122. The highest BCUT2D eigenvalue weighted by atomic mass is 79.9. The zero-order valence-electron chi connectivity index (χ0n) is 15.3. The maximum absolute atomic E-state index is 13.5. The first-order valence-electron chi connectivity index (χ1n) is 8.83. The molecule has 1 aromatic heterocycles. The molecule has 7 nitrogen and oxygen atoms in total. The minimum Gasteiger partial charge on any atom is -0.354 e. The van der Waals surface area contributed by atoms with Crippen LogP contribution < -0.4 is 5.32 Å². The Kier molecular flexibility index (Phi) is 5.67. The van der Waals surface area contributed by atoms with E-state index in [0.29, 0.717) is 27.1 Å². The zero-order valence-corrected chi connectivity index (χ0v) is 18.5. The van der Waals surface area contributed by atoms with Crippen LogP contribution in [0.15, 0.2) is 52.0 Å². The molecule has 0 saturated carbocycles. The predicted molar refractivity (Wildman–Crippen MR) is 114 cm³/mol. The molecule has 11 heteroatoms. The summed E-state index contributed by atoms with van der Waals surface area (Å²) in [6.07, 6.45) is 1.58. The van der Waals surface area contributed by atoms with Crippen LogP contribution in [0.4, 0.5) is 4.39 Å². The number of halogens is 3. The highest BCUT2D eigenvalue weighted by molar-refractivity contribution is 9.10. The van der Waals surface area contributed by atoms with Crippen LogP contribution in [0.2, 0.25) is 5.02 Å². The van der Waals surface area contributed by atoms with Gasteiger partial charge in [-0.3, -0.25) is 4.79 Å². The highest BCUT2D eigenvalue weighted by Gasteiger charge is 2.31. The summed E-state index contributed by atoms with van der Waals surface area (Å²) in [5.41, 5.74) is 1.85. The first kappa shape index (κ1) is 21.0. The third-order valence-electron chi connectivity index (χ3n) is 4.63. The van der Waals surface area contributed by atoms with Crippen molar-refractivity contribution in [2.24, 2.45) is 0 Å². The van der Waals surface area contributed by atoms with E-state index in [1.54, 1.807) is 24.4 Å². The van der Waals surface area contributed by atoms with Crippen LogP contribution in [-0.4, -0.2) is 48.2 Å². The Morgan fingerprint density at radius 3 is 2.67 bits per heavy atom. The van der Waals surface area contributed by atoms with E-state index >= 15 is 0 Å². The third kappa shape index (κ3) is 4.00. The lowest BCUT2D eigenvalue weighted by Gasteiger charge is -2.26. The number of nitrogens with zero attached hydrogens (tertiary/aromatic N) is 2. The van der Waals surface area contributed by atoms with Gasteiger partial charge in [-0.15, -0.1) is 0 Å². The van der Waals surface area contributed by atoms with Gasteiger partial charge in [0, 0.05) is 24.2 Å². The first-order chi connectivity index (χ1) is 14.3. The molecule has 2 heterocycles. The molecule has 0 bridgehead atoms. The Balaban J connectivity index is 1.69. The van der Waals surface area contributed by atoms with E-state index in [1.807, 2.05) is 0 Å². The van der Waals surface area contributed by atoms with Gasteiger partial charge in [-0.1, -0.05) is 11.6 Å². The van der Waals surface area contributed by atoms with Crippen molar-refractivity contribution >= 4 is 43.5 Å². The quantitative estimate of drug-likeness (QED) is 0.559. The molecular weight excluding hydrogens is 499 g/mol. The van der Waals surface area contributed by atoms with Crippen molar-refractivity contribution in [3.63, 3.8) is 0 Å². The summed E-state index contributed by atoms with van der Waals surface area (Å²) >= 11 is 9.33. The van der Waals surface area contributed by atoms with E-state index in [0.717, 1.165) is 4.31 Å². The number of sulfonamides is 1. The molecule has 2 aromatic carbocycles. The maximum atomic E-state index is 13.5. The summed E-state index contributed by atoms with van der Waals surface area (Å²) in [5.74, 6) is -0.314. The molecule has 0 spiro atoms. The Bertz CT molecular complexity index is 1250. The minimum atomic E-state index is -3.96. The fourth-order valence-corrected chi connectivity index (χ4v) is 5.36. The number of aromatic amines is 1. The molecule has 2 N–H and O–H groups in total. The van der Waals surface area contributed by atoms with Crippen molar-refractivity contribution < 1.29 is 17.6 Å². The minimum absolute atomic E-state index is 0.0546. The van der Waals surface area contributed by atoms with E-state index in [9.17, 15) is 17.6 Å². The van der Waals surface area contributed by atoms with Crippen molar-refractivity contribution in [3.05, 3.63) is 57.9 Å². The molecule has 4 rings (SSSR count). The molecular formula is C19H15BrClFN4O3S. The number of hydrogen-bond donors (Lipinski definition) is 2. The fourth-order valence-electron chi connectivity index (χ4n) is 3.09. The number of carbonyl (C=O) groups is 1. The Morgan fingerprint density at radius 1 is 1.17 bits per heavy atom. The highest BCUT2D eigenvalue weighted by Crippen LogP contribution is 2.31. The molecule has 1 saturated heterocycles. The van der Waals surface area contributed by atoms with Gasteiger partial charge in [-0.05, 0) is 52.3 Å². The summed E-state index contributed by atoms with van der Waals surface area (Å²) in [4.78, 5) is 18.9. The lowest BCUT2D eigenvalue weighted by Crippen LogP contribution is -2.49. The van der Waals surface area contributed by atoms with E-state index in [2.05, 4.69) is 31.2 Å². The van der Waals surface area contributed by atoms with Crippen LogP contribution >= 0.6 is 27.5 Å². The number of aromatic nitrogens is 2. The number of H-pyrrole nitrogens is 1. The molecule has 0 aliphatic carbocycles. The molecule has 1 fully saturated rings. The zero-order chi connectivity index (χ0) is 21.5. The summed E-state index contributed by atoms with van der Waals surface area (Å²) in [5, 5.41) is 2.65. The average Bonchev–Trinajstić information content (AvgIpc) is 3.20. The van der Waals surface area contributed by atoms with E-state index < -0.39 is 10.0 Å². The summed E-state index contributed by atoms with van der Waals surface area (Å²) in [6, 6.07) is 9.11. The molecule has 1 aliphatic rings. The molecule has 30 heavy (non-hydrogen) atoms. The molecule has 3 aromatic rings. The smallest absolute Gasteiger partial charge is 0.245 e. The van der Waals surface area contributed by atoms with Gasteiger partial charge in [0.2, 0.25) is 15.9 Å². The van der Waals surface area contributed by atoms with Gasteiger partial charge in [-0.2, -0.15) is 4.31 Å². The van der Waals surface area contributed by atoms with Gasteiger partial charge in [-0.25, -0.2) is 17.8 Å². The monoisotopic (exact) mass is 512 g/mol. The Morgan fingerprint density at radius 2 is 1.93 bits per heavy atom. The number of benzene rings is 2.